The van der Waals surface area contributed by atoms with Gasteiger partial charge in [0.15, 0.2) is 0 Å². The zero-order valence-corrected chi connectivity index (χ0v) is 33.2. The number of nitrogens with zero attached hydrogens (tertiary/aromatic N) is 2. The van der Waals surface area contributed by atoms with Gasteiger partial charge in [-0.05, 0) is 93.7 Å². The van der Waals surface area contributed by atoms with E-state index in [4.69, 9.17) is 4.42 Å². The molecule has 0 fully saturated rings. The number of fused-ring (bicyclic) bond motifs is 7. The van der Waals surface area contributed by atoms with Gasteiger partial charge in [0, 0.05) is 49.7 Å². The van der Waals surface area contributed by atoms with Crippen LogP contribution in [0.5, 0.6) is 0 Å². The van der Waals surface area contributed by atoms with Crippen LogP contribution in [0.3, 0.4) is 0 Å². The molecule has 12 aromatic rings. The van der Waals surface area contributed by atoms with Crippen molar-refractivity contribution < 1.29 is 4.42 Å². The summed E-state index contributed by atoms with van der Waals surface area (Å²) in [7, 11) is 0. The Morgan fingerprint density at radius 3 is 1.61 bits per heavy atom. The molecule has 61 heavy (non-hydrogen) atoms. The molecule has 0 aliphatic heterocycles. The lowest BCUT2D eigenvalue weighted by molar-refractivity contribution is 0.670. The Morgan fingerprint density at radius 2 is 0.852 bits per heavy atom. The Kier molecular flexibility index (Phi) is 8.17. The first-order valence-electron chi connectivity index (χ1n) is 20.8. The minimum atomic E-state index is 0.903. The number of aromatic nitrogens is 1. The SMILES string of the molecule is c1cc(-c2cccc3ccccc23)cc(N(c2ccc(-c3ccccc3-n3c4ccccc4c4ccccc43)cc2)c2ccc(-c3cccc4c3oc3ccccc34)cc2)c1. The quantitative estimate of drug-likeness (QED) is 0.161. The van der Waals surface area contributed by atoms with E-state index in [-0.39, 0.29) is 0 Å². The summed E-state index contributed by atoms with van der Waals surface area (Å²) in [4.78, 5) is 2.36. The number of rotatable bonds is 7. The zero-order chi connectivity index (χ0) is 40.3. The van der Waals surface area contributed by atoms with E-state index in [1.807, 2.05) is 12.1 Å². The van der Waals surface area contributed by atoms with Gasteiger partial charge < -0.3 is 13.9 Å². The first-order valence-corrected chi connectivity index (χ1v) is 20.8. The first-order chi connectivity index (χ1) is 30.3. The third-order valence-corrected chi connectivity index (χ3v) is 12.2. The lowest BCUT2D eigenvalue weighted by Gasteiger charge is -2.27. The van der Waals surface area contributed by atoms with Crippen LogP contribution in [0.15, 0.2) is 235 Å². The smallest absolute Gasteiger partial charge is 0.143 e. The number of benzene rings is 10. The van der Waals surface area contributed by atoms with Crippen LogP contribution in [-0.2, 0) is 0 Å². The summed E-state index contributed by atoms with van der Waals surface area (Å²) in [5.41, 5.74) is 15.5. The lowest BCUT2D eigenvalue weighted by atomic mass is 9.97. The molecule has 0 amide bonds. The van der Waals surface area contributed by atoms with E-state index in [1.165, 1.54) is 49.3 Å². The van der Waals surface area contributed by atoms with Crippen molar-refractivity contribution in [2.75, 3.05) is 4.90 Å². The summed E-state index contributed by atoms with van der Waals surface area (Å²) in [6.07, 6.45) is 0. The average molecular weight is 779 g/mol. The van der Waals surface area contributed by atoms with Crippen molar-refractivity contribution in [1.82, 2.24) is 4.57 Å². The Bertz CT molecular complexity index is 3530. The van der Waals surface area contributed by atoms with E-state index in [2.05, 4.69) is 228 Å². The molecule has 3 nitrogen and oxygen atoms in total. The normalized spacial score (nSPS) is 11.6. The van der Waals surface area contributed by atoms with Gasteiger partial charge in [-0.3, -0.25) is 0 Å². The molecule has 0 N–H and O–H groups in total. The van der Waals surface area contributed by atoms with Gasteiger partial charge >= 0.3 is 0 Å². The predicted molar refractivity (Wildman–Crippen MR) is 257 cm³/mol. The van der Waals surface area contributed by atoms with Gasteiger partial charge in [-0.2, -0.15) is 0 Å². The minimum Gasteiger partial charge on any atom is -0.455 e. The molecule has 2 aromatic heterocycles. The van der Waals surface area contributed by atoms with Crippen molar-refractivity contribution in [3.8, 4) is 39.1 Å². The monoisotopic (exact) mass is 778 g/mol. The fourth-order valence-corrected chi connectivity index (χ4v) is 9.39. The van der Waals surface area contributed by atoms with E-state index in [0.717, 1.165) is 61.4 Å². The number of hydrogen-bond acceptors (Lipinski definition) is 2. The summed E-state index contributed by atoms with van der Waals surface area (Å²) < 4.78 is 8.86. The van der Waals surface area contributed by atoms with E-state index in [1.54, 1.807) is 0 Å². The molecular weight excluding hydrogens is 741 g/mol. The zero-order valence-electron chi connectivity index (χ0n) is 33.2. The van der Waals surface area contributed by atoms with Gasteiger partial charge in [-0.25, -0.2) is 0 Å². The number of anilines is 3. The van der Waals surface area contributed by atoms with E-state index < -0.39 is 0 Å². The lowest BCUT2D eigenvalue weighted by Crippen LogP contribution is -2.10. The third kappa shape index (κ3) is 5.82. The Balaban J connectivity index is 0.983. The maximum absolute atomic E-state index is 6.45. The highest BCUT2D eigenvalue weighted by Gasteiger charge is 2.19. The van der Waals surface area contributed by atoms with Gasteiger partial charge in [0.2, 0.25) is 0 Å². The molecule has 10 aromatic carbocycles. The Morgan fingerprint density at radius 1 is 0.328 bits per heavy atom. The minimum absolute atomic E-state index is 0.903. The van der Waals surface area contributed by atoms with Crippen LogP contribution in [0.25, 0.3) is 93.6 Å². The van der Waals surface area contributed by atoms with Gasteiger partial charge in [0.1, 0.15) is 11.2 Å². The average Bonchev–Trinajstić information content (AvgIpc) is 3.88. The second-order valence-electron chi connectivity index (χ2n) is 15.7. The van der Waals surface area contributed by atoms with Crippen LogP contribution in [0, 0.1) is 0 Å². The van der Waals surface area contributed by atoms with Gasteiger partial charge in [-0.15, -0.1) is 0 Å². The van der Waals surface area contributed by atoms with Crippen LogP contribution in [-0.4, -0.2) is 4.57 Å². The molecule has 286 valence electrons. The molecule has 0 saturated carbocycles. The topological polar surface area (TPSA) is 21.3 Å². The second kappa shape index (κ2) is 14.3. The predicted octanol–water partition coefficient (Wildman–Crippen LogP) is 16.3. The van der Waals surface area contributed by atoms with Crippen molar-refractivity contribution in [3.63, 3.8) is 0 Å². The van der Waals surface area contributed by atoms with Gasteiger partial charge in [0.05, 0.1) is 16.7 Å². The van der Waals surface area contributed by atoms with E-state index >= 15 is 0 Å². The van der Waals surface area contributed by atoms with Crippen molar-refractivity contribution in [3.05, 3.63) is 231 Å². The molecule has 0 unspecified atom stereocenters. The summed E-state index contributed by atoms with van der Waals surface area (Å²) in [6.45, 7) is 0. The van der Waals surface area contributed by atoms with Gasteiger partial charge in [0.25, 0.3) is 0 Å². The fraction of sp³-hybridized carbons (Fsp3) is 0. The number of para-hydroxylation sites is 5. The van der Waals surface area contributed by atoms with Crippen molar-refractivity contribution in [1.29, 1.82) is 0 Å². The number of hydrogen-bond donors (Lipinski definition) is 0. The molecule has 0 atom stereocenters. The van der Waals surface area contributed by atoms with Gasteiger partial charge in [-0.1, -0.05) is 170 Å². The largest absolute Gasteiger partial charge is 0.455 e. The summed E-state index contributed by atoms with van der Waals surface area (Å²) in [5.74, 6) is 0. The molecule has 0 aliphatic rings. The van der Waals surface area contributed by atoms with Crippen LogP contribution in [0.2, 0.25) is 0 Å². The first kappa shape index (κ1) is 34.9. The molecule has 12 rings (SSSR count). The van der Waals surface area contributed by atoms with Crippen LogP contribution < -0.4 is 4.90 Å². The number of furan rings is 1. The molecule has 0 aliphatic carbocycles. The molecule has 0 spiro atoms. The summed E-state index contributed by atoms with van der Waals surface area (Å²) in [6, 6.07) is 82.9. The molecule has 0 radical (unpaired) electrons. The second-order valence-corrected chi connectivity index (χ2v) is 15.7. The third-order valence-electron chi connectivity index (χ3n) is 12.2. The van der Waals surface area contributed by atoms with Crippen LogP contribution in [0.1, 0.15) is 0 Å². The van der Waals surface area contributed by atoms with E-state index in [9.17, 15) is 0 Å². The van der Waals surface area contributed by atoms with Crippen LogP contribution in [0.4, 0.5) is 17.1 Å². The summed E-state index contributed by atoms with van der Waals surface area (Å²) >= 11 is 0. The fourth-order valence-electron chi connectivity index (χ4n) is 9.39. The standard InChI is InChI=1S/C58H38N2O/c1-2-18-46-39(14-1)15-12-23-47(46)42-16-11-17-45(38-42)59(44-36-32-41(33-37-44)49-24-13-25-53-52-22-6-10-29-57(52)61-58(49)53)43-34-30-40(31-35-43)48-19-3-7-26-54(48)60-55-27-8-4-20-50(55)51-21-5-9-28-56(51)60/h1-38H. The maximum atomic E-state index is 6.45. The van der Waals surface area contributed by atoms with Crippen molar-refractivity contribution in [2.24, 2.45) is 0 Å². The molecule has 0 bridgehead atoms. The Hall–Kier alpha value is -8.14. The summed E-state index contributed by atoms with van der Waals surface area (Å²) in [5, 5.41) is 7.24. The highest BCUT2D eigenvalue weighted by molar-refractivity contribution is 6.11. The molecule has 0 saturated heterocycles. The molecular formula is C58H38N2O. The van der Waals surface area contributed by atoms with E-state index in [0.29, 0.717) is 0 Å². The van der Waals surface area contributed by atoms with Crippen LogP contribution >= 0.6 is 0 Å². The highest BCUT2D eigenvalue weighted by atomic mass is 16.3. The molecule has 3 heteroatoms. The highest BCUT2D eigenvalue weighted by Crippen LogP contribution is 2.42. The molecule has 2 heterocycles. The maximum Gasteiger partial charge on any atom is 0.143 e. The van der Waals surface area contributed by atoms with Crippen molar-refractivity contribution >= 4 is 71.6 Å². The van der Waals surface area contributed by atoms with Crippen molar-refractivity contribution in [2.45, 2.75) is 0 Å². The Labute approximate surface area is 353 Å².